The maximum atomic E-state index is 11.5. The topological polar surface area (TPSA) is 194 Å². The van der Waals surface area contributed by atoms with Crippen LogP contribution in [0, 0.1) is 38.5 Å². The molecule has 0 aliphatic heterocycles. The van der Waals surface area contributed by atoms with Gasteiger partial charge in [-0.3, -0.25) is 9.59 Å². The fourth-order valence-corrected chi connectivity index (χ4v) is 6.38. The molecule has 0 aliphatic rings. The van der Waals surface area contributed by atoms with E-state index in [4.69, 9.17) is 18.3 Å². The van der Waals surface area contributed by atoms with Crippen molar-refractivity contribution in [3.8, 4) is 69.3 Å². The molecule has 2 heterocycles. The molecule has 0 spiro atoms. The number of furan rings is 2. The molecule has 0 atom stereocenters. The molecule has 8 rings (SSSR count). The fourth-order valence-electron chi connectivity index (χ4n) is 6.38. The molecule has 12 nitrogen and oxygen atoms in total. The van der Waals surface area contributed by atoms with E-state index < -0.39 is 11.9 Å². The van der Waals surface area contributed by atoms with Gasteiger partial charge >= 0.3 is 11.9 Å². The molecule has 6 aromatic carbocycles. The summed E-state index contributed by atoms with van der Waals surface area (Å²) in [6, 6.07) is 37.9. The second-order valence-corrected chi connectivity index (χ2v) is 14.2. The first-order valence-corrected chi connectivity index (χ1v) is 19.5. The minimum absolute atomic E-state index is 0. The molecule has 2 aromatic heterocycles. The van der Waals surface area contributed by atoms with Crippen LogP contribution in [0.3, 0.4) is 0 Å². The van der Waals surface area contributed by atoms with Gasteiger partial charge in [0.25, 0.3) is 0 Å². The van der Waals surface area contributed by atoms with Gasteiger partial charge in [-0.2, -0.15) is 0 Å². The largest absolute Gasteiger partial charge is 0.507 e. The van der Waals surface area contributed by atoms with Gasteiger partial charge in [-0.1, -0.05) is 90.4 Å². The number of aromatic hydroxyl groups is 2. The number of hydrogen-bond donors (Lipinski definition) is 4. The molecule has 68 heavy (non-hydrogen) atoms. The van der Waals surface area contributed by atoms with E-state index in [1.54, 1.807) is 48.5 Å². The zero-order valence-electron chi connectivity index (χ0n) is 37.3. The van der Waals surface area contributed by atoms with Gasteiger partial charge in [-0.05, 0) is 68.4 Å². The zero-order valence-corrected chi connectivity index (χ0v) is 43.0. The summed E-state index contributed by atoms with van der Waals surface area (Å²) in [5, 5.41) is 39.9. The van der Waals surface area contributed by atoms with Crippen LogP contribution in [0.25, 0.3) is 44.6 Å². The van der Waals surface area contributed by atoms with Crippen molar-refractivity contribution in [1.82, 2.24) is 0 Å². The maximum absolute atomic E-state index is 11.5. The van der Waals surface area contributed by atoms with Crippen LogP contribution in [0.4, 0.5) is 0 Å². The van der Waals surface area contributed by atoms with Gasteiger partial charge in [0, 0.05) is 111 Å². The van der Waals surface area contributed by atoms with Gasteiger partial charge in [0.1, 0.15) is 58.5 Å². The van der Waals surface area contributed by atoms with Crippen LogP contribution in [-0.4, -0.2) is 57.1 Å². The van der Waals surface area contributed by atoms with Crippen LogP contribution in [0.15, 0.2) is 142 Å². The molecule has 14 heteroatoms. The summed E-state index contributed by atoms with van der Waals surface area (Å²) in [6.07, 6.45) is 0. The Bertz CT molecular complexity index is 3200. The van der Waals surface area contributed by atoms with Crippen molar-refractivity contribution in [2.75, 3.05) is 13.2 Å². The second-order valence-electron chi connectivity index (χ2n) is 14.2. The first-order chi connectivity index (χ1) is 30.8. The van der Waals surface area contributed by atoms with Crippen molar-refractivity contribution >= 4 is 45.4 Å². The monoisotopic (exact) mass is 1060 g/mol. The van der Waals surface area contributed by atoms with Crippen molar-refractivity contribution in [3.05, 3.63) is 182 Å². The Kier molecular flexibility index (Phi) is 20.7. The Labute approximate surface area is 443 Å². The number of carboxylic acid groups (broad SMARTS) is 2. The predicted molar refractivity (Wildman–Crippen MR) is 251 cm³/mol. The number of carbonyl (C=O) groups excluding carboxylic acids is 2. The van der Waals surface area contributed by atoms with Crippen molar-refractivity contribution in [1.29, 1.82) is 0 Å². The quantitative estimate of drug-likeness (QED) is 0.0749. The molecule has 4 N–H and O–H groups in total. The smallest absolute Gasteiger partial charge is 0.339 e. The normalized spacial score (nSPS) is 9.79. The number of Topliss-reactive ketones (excluding diaryl/α,β-unsaturated/α-hetero) is 2. The SMILES string of the molecule is CC(=O)COc1ccc(C#Cc2c(-c3ccccc3)oc3cc(O)c(C(=O)O)cc23)cc1.CC(=O)COc1cccc(C#Cc2c(-c3ccccc3)oc3cc(O)c(C(=O)O)cc23)c1.[CH3-].[CH3-].[Y].[Y]. The number of carbonyl (C=O) groups is 4. The summed E-state index contributed by atoms with van der Waals surface area (Å²) < 4.78 is 22.7. The minimum atomic E-state index is -1.25. The minimum Gasteiger partial charge on any atom is -0.507 e. The van der Waals surface area contributed by atoms with E-state index in [-0.39, 0.29) is 128 Å². The second kappa shape index (κ2) is 25.4. The average molecular weight is 1060 g/mol. The summed E-state index contributed by atoms with van der Waals surface area (Å²) >= 11 is 0. The number of benzene rings is 6. The Morgan fingerprint density at radius 3 is 1.35 bits per heavy atom. The van der Waals surface area contributed by atoms with Crippen molar-refractivity contribution < 1.29 is 123 Å². The predicted octanol–water partition coefficient (Wildman–Crippen LogP) is 10.6. The third-order valence-corrected chi connectivity index (χ3v) is 9.38. The van der Waals surface area contributed by atoms with Gasteiger partial charge < -0.3 is 53.6 Å². The number of carboxylic acids is 2. The number of hydrogen-bond acceptors (Lipinski definition) is 10. The third-order valence-electron chi connectivity index (χ3n) is 9.38. The first kappa shape index (κ1) is 55.5. The zero-order chi connectivity index (χ0) is 45.3. The van der Waals surface area contributed by atoms with Crippen molar-refractivity contribution in [3.63, 3.8) is 0 Å². The van der Waals surface area contributed by atoms with Gasteiger partial charge in [0.2, 0.25) is 0 Å². The van der Waals surface area contributed by atoms with Crippen LogP contribution in [0.1, 0.15) is 56.8 Å². The van der Waals surface area contributed by atoms with Gasteiger partial charge in [-0.15, -0.1) is 0 Å². The van der Waals surface area contributed by atoms with Crippen molar-refractivity contribution in [2.24, 2.45) is 0 Å². The Morgan fingerprint density at radius 1 is 0.500 bits per heavy atom. The number of phenols is 2. The third kappa shape index (κ3) is 13.7. The van der Waals surface area contributed by atoms with Crippen LogP contribution in [0.2, 0.25) is 0 Å². The fraction of sp³-hybridized carbons (Fsp3) is 0.0741. The molecule has 0 amide bonds. The van der Waals surface area contributed by atoms with Crippen LogP contribution >= 0.6 is 0 Å². The van der Waals surface area contributed by atoms with E-state index in [0.717, 1.165) is 11.1 Å². The molecule has 0 saturated heterocycles. The van der Waals surface area contributed by atoms with Crippen LogP contribution in [0.5, 0.6) is 23.0 Å². The number of ketones is 2. The standard InChI is InChI=1S/2C26H18O6.2CH3.2Y/c1-16(27)15-31-19-9-5-6-17(12-19)10-11-20-21-13-22(26(29)30)23(28)14-24(21)32-25(20)18-7-3-2-4-8-18;1-16(27)15-31-19-10-7-17(8-11-19)9-12-20-21-13-22(26(29)30)23(28)14-24(21)32-25(20)18-5-3-2-4-6-18;;;;/h2-9,12-14,28H,15H2,1H3,(H,29,30);2-8,10-11,13-14,28H,15H2,1H3,(H,29,30);2*1H3;;/q;;2*-1;;. The van der Waals surface area contributed by atoms with Gasteiger partial charge in [-0.25, -0.2) is 9.59 Å². The van der Waals surface area contributed by atoms with E-state index in [0.29, 0.717) is 67.2 Å². The maximum Gasteiger partial charge on any atom is 0.339 e. The molecule has 2 radical (unpaired) electrons. The molecule has 8 aromatic rings. The summed E-state index contributed by atoms with van der Waals surface area (Å²) in [6.45, 7) is 2.88. The molecule has 0 aliphatic carbocycles. The number of fused-ring (bicyclic) bond motifs is 2. The Balaban J connectivity index is 0.000000340. The number of ether oxygens (including phenoxy) is 2. The number of aromatic carboxylic acids is 2. The molecular formula is C54H42O12Y2-2. The Morgan fingerprint density at radius 2 is 0.926 bits per heavy atom. The van der Waals surface area contributed by atoms with E-state index in [1.165, 1.54) is 38.1 Å². The first-order valence-electron chi connectivity index (χ1n) is 19.5. The van der Waals surface area contributed by atoms with Gasteiger partial charge in [0.05, 0.1) is 11.1 Å². The molecule has 0 unspecified atom stereocenters. The molecule has 0 bridgehead atoms. The summed E-state index contributed by atoms with van der Waals surface area (Å²) in [5.74, 6) is 10.9. The van der Waals surface area contributed by atoms with E-state index in [1.807, 2.05) is 60.7 Å². The summed E-state index contributed by atoms with van der Waals surface area (Å²) in [4.78, 5) is 45.2. The summed E-state index contributed by atoms with van der Waals surface area (Å²) in [5.41, 5.74) is 4.11. The van der Waals surface area contributed by atoms with E-state index >= 15 is 0 Å². The average Bonchev–Trinajstić information content (AvgIpc) is 3.83. The van der Waals surface area contributed by atoms with Crippen LogP contribution < -0.4 is 9.47 Å². The van der Waals surface area contributed by atoms with Crippen LogP contribution in [-0.2, 0) is 75.0 Å². The number of rotatable bonds is 10. The molecule has 0 saturated carbocycles. The molecular weight excluding hydrogens is 1020 g/mol. The van der Waals surface area contributed by atoms with E-state index in [2.05, 4.69) is 23.7 Å². The molecule has 0 fully saturated rings. The van der Waals surface area contributed by atoms with Gasteiger partial charge in [0.15, 0.2) is 23.1 Å². The van der Waals surface area contributed by atoms with Crippen molar-refractivity contribution in [2.45, 2.75) is 13.8 Å². The summed E-state index contributed by atoms with van der Waals surface area (Å²) in [7, 11) is 0. The van der Waals surface area contributed by atoms with E-state index in [9.17, 15) is 39.6 Å². The molecule has 338 valence electrons. The Hall–Kier alpha value is -6.79.